The summed E-state index contributed by atoms with van der Waals surface area (Å²) in [5.74, 6) is -0.969. The molecule has 0 radical (unpaired) electrons. The maximum atomic E-state index is 13.8. The molecule has 0 bridgehead atoms. The Morgan fingerprint density at radius 3 is 2.33 bits per heavy atom. The fraction of sp³-hybridized carbons (Fsp3) is 0.378. The average molecular weight is 675 g/mol. The van der Waals surface area contributed by atoms with Crippen LogP contribution < -0.4 is 15.1 Å². The zero-order valence-electron chi connectivity index (χ0n) is 27.5. The maximum absolute atomic E-state index is 13.8. The number of esters is 1. The number of hydrogen-bond acceptors (Lipinski definition) is 7. The molecular weight excluding hydrogens is 637 g/mol. The fourth-order valence-corrected chi connectivity index (χ4v) is 7.22. The Balaban J connectivity index is 1.28. The normalized spacial score (nSPS) is 21.6. The lowest BCUT2D eigenvalue weighted by Crippen LogP contribution is -2.49. The number of hydrogen-bond donors (Lipinski definition) is 1. The summed E-state index contributed by atoms with van der Waals surface area (Å²) in [6.07, 6.45) is -2.12. The topological polar surface area (TPSA) is 91.4 Å². The number of fused-ring (bicyclic) bond motifs is 2. The number of alkyl halides is 3. The van der Waals surface area contributed by atoms with Gasteiger partial charge in [0, 0.05) is 42.6 Å². The second-order valence-corrected chi connectivity index (χ2v) is 13.2. The van der Waals surface area contributed by atoms with Crippen molar-refractivity contribution in [1.29, 1.82) is 0 Å². The summed E-state index contributed by atoms with van der Waals surface area (Å²) in [6.45, 7) is 6.23. The van der Waals surface area contributed by atoms with Crippen LogP contribution in [0.2, 0.25) is 0 Å². The second kappa shape index (κ2) is 12.6. The van der Waals surface area contributed by atoms with E-state index in [1.807, 2.05) is 41.8 Å². The third kappa shape index (κ3) is 6.42. The van der Waals surface area contributed by atoms with Gasteiger partial charge in [-0.2, -0.15) is 13.2 Å². The number of methoxy groups -OCH3 is 1. The zero-order valence-corrected chi connectivity index (χ0v) is 27.5. The highest BCUT2D eigenvalue weighted by Crippen LogP contribution is 2.46. The van der Waals surface area contributed by atoms with Crippen LogP contribution in [0.25, 0.3) is 11.3 Å². The lowest BCUT2D eigenvalue weighted by Gasteiger charge is -2.35. The fourth-order valence-electron chi connectivity index (χ4n) is 7.22. The van der Waals surface area contributed by atoms with Gasteiger partial charge >= 0.3 is 12.1 Å². The number of carbonyl (C=O) groups is 3. The number of carbonyl (C=O) groups excluding carboxylic acids is 3. The molecule has 4 aliphatic rings. The highest BCUT2D eigenvalue weighted by molar-refractivity contribution is 6.38. The molecule has 49 heavy (non-hydrogen) atoms. The number of halogens is 3. The summed E-state index contributed by atoms with van der Waals surface area (Å²) in [5, 5.41) is 2.85. The van der Waals surface area contributed by atoms with Gasteiger partial charge in [-0.15, -0.1) is 0 Å². The van der Waals surface area contributed by atoms with Crippen molar-refractivity contribution in [3.8, 4) is 0 Å². The molecule has 256 valence electrons. The Labute approximate surface area is 282 Å². The van der Waals surface area contributed by atoms with Gasteiger partial charge in [-0.25, -0.2) is 4.79 Å². The summed E-state index contributed by atoms with van der Waals surface area (Å²) in [6, 6.07) is 15.5. The molecule has 1 aliphatic carbocycles. The van der Waals surface area contributed by atoms with Gasteiger partial charge in [0.25, 0.3) is 5.91 Å². The number of anilines is 3. The first-order valence-electron chi connectivity index (χ1n) is 16.5. The third-order valence-corrected chi connectivity index (χ3v) is 9.45. The number of nitrogens with one attached hydrogen (secondary N) is 1. The van der Waals surface area contributed by atoms with Gasteiger partial charge in [0.15, 0.2) is 0 Å². The van der Waals surface area contributed by atoms with Crippen LogP contribution in [-0.2, 0) is 31.7 Å². The van der Waals surface area contributed by atoms with Crippen LogP contribution in [0.15, 0.2) is 60.7 Å². The van der Waals surface area contributed by atoms with Gasteiger partial charge < -0.3 is 24.6 Å². The molecule has 12 heteroatoms. The summed E-state index contributed by atoms with van der Waals surface area (Å²) in [5.41, 5.74) is 4.22. The molecule has 3 heterocycles. The van der Waals surface area contributed by atoms with Crippen molar-refractivity contribution in [1.82, 2.24) is 4.90 Å². The zero-order chi connectivity index (χ0) is 34.6. The average Bonchev–Trinajstić information content (AvgIpc) is 3.71. The minimum atomic E-state index is -4.52. The number of amides is 2. The van der Waals surface area contributed by atoms with E-state index in [0.717, 1.165) is 41.9 Å². The summed E-state index contributed by atoms with van der Waals surface area (Å²) in [7, 11) is 1.27. The molecule has 0 spiro atoms. The van der Waals surface area contributed by atoms with Crippen LogP contribution in [0.1, 0.15) is 59.3 Å². The monoisotopic (exact) mass is 674 g/mol. The van der Waals surface area contributed by atoms with Crippen molar-refractivity contribution >= 4 is 46.1 Å². The van der Waals surface area contributed by atoms with Gasteiger partial charge in [0.2, 0.25) is 5.91 Å². The Kier molecular flexibility index (Phi) is 8.48. The highest BCUT2D eigenvalue weighted by atomic mass is 19.4. The lowest BCUT2D eigenvalue weighted by atomic mass is 9.96. The molecule has 7 rings (SSSR count). The molecule has 1 saturated carbocycles. The van der Waals surface area contributed by atoms with E-state index < -0.39 is 23.6 Å². The van der Waals surface area contributed by atoms with Crippen molar-refractivity contribution in [3.05, 3.63) is 88.5 Å². The van der Waals surface area contributed by atoms with Crippen molar-refractivity contribution in [2.75, 3.05) is 48.4 Å². The quantitative estimate of drug-likeness (QED) is 0.244. The molecule has 9 nitrogen and oxygen atoms in total. The molecular formula is C37H37F3N4O5. The molecule has 1 saturated heterocycles. The Morgan fingerprint density at radius 2 is 1.67 bits per heavy atom. The standard InChI is InChI=1S/C37H37F3N4O5/c1-21-18-42(19-22(2)49-21)20-32(45)43-15-14-24-16-28(11-13-31(24)43)44(27-9-10-27)34(23-4-7-26(8-5-23)37(38,39)40)33-29-12-6-25(36(47)48-3)17-30(29)41-35(33)46/h4-8,11-13,16-17,21-22,27H,9-10,14-15,18-20H2,1-3H3,(H,41,46)/b34-33-. The molecule has 2 amide bonds. The van der Waals surface area contributed by atoms with Crippen molar-refractivity contribution in [3.63, 3.8) is 0 Å². The summed E-state index contributed by atoms with van der Waals surface area (Å²) in [4.78, 5) is 45.5. The number of ether oxygens (including phenoxy) is 2. The number of benzene rings is 3. The Hall–Kier alpha value is -4.68. The first-order chi connectivity index (χ1) is 23.4. The van der Waals surface area contributed by atoms with E-state index in [4.69, 9.17) is 9.47 Å². The van der Waals surface area contributed by atoms with Crippen molar-refractivity contribution in [2.24, 2.45) is 0 Å². The number of morpholine rings is 1. The van der Waals surface area contributed by atoms with Gasteiger partial charge in [0.1, 0.15) is 0 Å². The first-order valence-corrected chi connectivity index (χ1v) is 16.5. The van der Waals surface area contributed by atoms with Crippen LogP contribution in [-0.4, -0.2) is 74.2 Å². The smallest absolute Gasteiger partial charge is 0.416 e. The van der Waals surface area contributed by atoms with E-state index in [9.17, 15) is 27.6 Å². The molecule has 3 aliphatic heterocycles. The van der Waals surface area contributed by atoms with Crippen LogP contribution in [0, 0.1) is 0 Å². The van der Waals surface area contributed by atoms with Gasteiger partial charge in [-0.3, -0.25) is 14.5 Å². The predicted octanol–water partition coefficient (Wildman–Crippen LogP) is 5.98. The summed E-state index contributed by atoms with van der Waals surface area (Å²) >= 11 is 0. The van der Waals surface area contributed by atoms with Gasteiger partial charge in [-0.05, 0) is 86.7 Å². The molecule has 3 aromatic rings. The molecule has 2 unspecified atom stereocenters. The lowest BCUT2D eigenvalue weighted by molar-refractivity contribution is -0.137. The molecule has 2 fully saturated rings. The van der Waals surface area contributed by atoms with Crippen LogP contribution in [0.4, 0.5) is 30.2 Å². The molecule has 0 aromatic heterocycles. The van der Waals surface area contributed by atoms with Gasteiger partial charge in [-0.1, -0.05) is 18.2 Å². The Bertz CT molecular complexity index is 1840. The Morgan fingerprint density at radius 1 is 0.980 bits per heavy atom. The third-order valence-electron chi connectivity index (χ3n) is 9.45. The first kappa shape index (κ1) is 32.8. The van der Waals surface area contributed by atoms with E-state index in [1.165, 1.54) is 25.3 Å². The van der Waals surface area contributed by atoms with Crippen molar-refractivity contribution < 1.29 is 37.0 Å². The van der Waals surface area contributed by atoms with E-state index in [0.29, 0.717) is 60.7 Å². The SMILES string of the molecule is COC(=O)c1ccc2c(c1)NC(=O)/C2=C(/c1ccc(C(F)(F)F)cc1)N(c1ccc2c(c1)CCN2C(=O)CN1CC(C)OC(C)C1)C1CC1. The van der Waals surface area contributed by atoms with E-state index in [-0.39, 0.29) is 29.7 Å². The summed E-state index contributed by atoms with van der Waals surface area (Å²) < 4.78 is 51.5. The number of rotatable bonds is 7. The van der Waals surface area contributed by atoms with Gasteiger partial charge in [0.05, 0.1) is 53.9 Å². The van der Waals surface area contributed by atoms with E-state index >= 15 is 0 Å². The highest BCUT2D eigenvalue weighted by Gasteiger charge is 2.39. The predicted molar refractivity (Wildman–Crippen MR) is 179 cm³/mol. The largest absolute Gasteiger partial charge is 0.465 e. The number of nitrogens with zero attached hydrogens (tertiary/aromatic N) is 3. The second-order valence-electron chi connectivity index (χ2n) is 13.2. The maximum Gasteiger partial charge on any atom is 0.416 e. The van der Waals surface area contributed by atoms with E-state index in [2.05, 4.69) is 10.2 Å². The van der Waals surface area contributed by atoms with Crippen molar-refractivity contribution in [2.45, 2.75) is 57.5 Å². The minimum Gasteiger partial charge on any atom is -0.465 e. The van der Waals surface area contributed by atoms with E-state index in [1.54, 1.807) is 12.1 Å². The minimum absolute atomic E-state index is 0.00141. The van der Waals surface area contributed by atoms with Crippen LogP contribution >= 0.6 is 0 Å². The van der Waals surface area contributed by atoms with Crippen LogP contribution in [0.3, 0.4) is 0 Å². The molecule has 1 N–H and O–H groups in total. The van der Waals surface area contributed by atoms with Crippen LogP contribution in [0.5, 0.6) is 0 Å². The molecule has 3 aromatic carbocycles. The molecule has 2 atom stereocenters.